The first kappa shape index (κ1) is 15.5. The van der Waals surface area contributed by atoms with Crippen LogP contribution in [0.1, 0.15) is 20.7 Å². The molecular weight excluding hydrogens is 358 g/mol. The molecule has 0 saturated heterocycles. The predicted molar refractivity (Wildman–Crippen MR) is 84.7 cm³/mol. The number of amides is 2. The van der Waals surface area contributed by atoms with E-state index >= 15 is 0 Å². The van der Waals surface area contributed by atoms with Crippen LogP contribution in [0.15, 0.2) is 41.1 Å². The van der Waals surface area contributed by atoms with Gasteiger partial charge in [-0.2, -0.15) is 0 Å². The van der Waals surface area contributed by atoms with Crippen molar-refractivity contribution in [3.05, 3.63) is 57.3 Å². The summed E-state index contributed by atoms with van der Waals surface area (Å²) in [7, 11) is 1.51. The molecule has 2 rings (SSSR count). The van der Waals surface area contributed by atoms with Gasteiger partial charge in [-0.3, -0.25) is 9.59 Å². The molecule has 0 aliphatic heterocycles. The maximum absolute atomic E-state index is 12.1. The van der Waals surface area contributed by atoms with Crippen LogP contribution in [0.4, 0.5) is 5.69 Å². The molecule has 21 heavy (non-hydrogen) atoms. The zero-order valence-electron chi connectivity index (χ0n) is 11.0. The molecule has 0 bridgehead atoms. The number of carbonyl (C=O) groups is 2. The summed E-state index contributed by atoms with van der Waals surface area (Å²) < 4.78 is 0.646. The fourth-order valence-corrected chi connectivity index (χ4v) is 2.06. The Morgan fingerprint density at radius 3 is 2.57 bits per heavy atom. The molecule has 2 amide bonds. The van der Waals surface area contributed by atoms with Gasteiger partial charge in [-0.15, -0.1) is 0 Å². The molecule has 108 valence electrons. The third kappa shape index (κ3) is 3.80. The molecule has 0 fully saturated rings. The van der Waals surface area contributed by atoms with Gasteiger partial charge >= 0.3 is 0 Å². The summed E-state index contributed by atoms with van der Waals surface area (Å²) in [4.78, 5) is 27.7. The van der Waals surface area contributed by atoms with E-state index in [1.807, 2.05) is 0 Å². The number of anilines is 1. The number of nitrogens with zero attached hydrogens (tertiary/aromatic N) is 1. The third-order valence-corrected chi connectivity index (χ3v) is 3.48. The van der Waals surface area contributed by atoms with E-state index in [9.17, 15) is 9.59 Å². The third-order valence-electron chi connectivity index (χ3n) is 2.69. The first-order valence-electron chi connectivity index (χ1n) is 5.96. The zero-order chi connectivity index (χ0) is 15.4. The SMILES string of the molecule is CNC(=O)c1cc(NC(=O)c2ccc(Br)nc2)ccc1Cl. The Labute approximate surface area is 134 Å². The standard InChI is InChI=1S/C14H11BrClN3O2/c1-17-14(21)10-6-9(3-4-11(10)16)19-13(20)8-2-5-12(15)18-7-8/h2-7H,1H3,(H,17,21)(H,19,20). The molecular formula is C14H11BrClN3O2. The van der Waals surface area contributed by atoms with E-state index in [-0.39, 0.29) is 11.8 Å². The van der Waals surface area contributed by atoms with E-state index in [2.05, 4.69) is 31.5 Å². The molecule has 1 aromatic carbocycles. The van der Waals surface area contributed by atoms with Crippen molar-refractivity contribution >= 4 is 45.0 Å². The van der Waals surface area contributed by atoms with E-state index in [1.165, 1.54) is 19.3 Å². The van der Waals surface area contributed by atoms with Gasteiger partial charge in [0.2, 0.25) is 0 Å². The quantitative estimate of drug-likeness (QED) is 0.818. The Bertz CT molecular complexity index is 689. The van der Waals surface area contributed by atoms with Gasteiger partial charge in [-0.05, 0) is 46.3 Å². The number of benzene rings is 1. The predicted octanol–water partition coefficient (Wildman–Crippen LogP) is 3.11. The van der Waals surface area contributed by atoms with Crippen molar-refractivity contribution in [2.24, 2.45) is 0 Å². The van der Waals surface area contributed by atoms with E-state index in [4.69, 9.17) is 11.6 Å². The molecule has 5 nitrogen and oxygen atoms in total. The number of hydrogen-bond acceptors (Lipinski definition) is 3. The van der Waals surface area contributed by atoms with Crippen LogP contribution in [0.3, 0.4) is 0 Å². The lowest BCUT2D eigenvalue weighted by Gasteiger charge is -2.08. The number of rotatable bonds is 3. The summed E-state index contributed by atoms with van der Waals surface area (Å²) in [5.41, 5.74) is 1.19. The molecule has 0 saturated carbocycles. The highest BCUT2D eigenvalue weighted by Crippen LogP contribution is 2.21. The van der Waals surface area contributed by atoms with Crippen molar-refractivity contribution < 1.29 is 9.59 Å². The van der Waals surface area contributed by atoms with Crippen molar-refractivity contribution in [2.75, 3.05) is 12.4 Å². The van der Waals surface area contributed by atoms with Gasteiger partial charge in [-0.25, -0.2) is 4.98 Å². The zero-order valence-corrected chi connectivity index (χ0v) is 13.3. The molecule has 0 unspecified atom stereocenters. The number of halogens is 2. The number of nitrogens with one attached hydrogen (secondary N) is 2. The maximum Gasteiger partial charge on any atom is 0.257 e. The average molecular weight is 369 g/mol. The molecule has 7 heteroatoms. The summed E-state index contributed by atoms with van der Waals surface area (Å²) in [6, 6.07) is 8.01. The molecule has 0 aliphatic rings. The minimum atomic E-state index is -0.319. The van der Waals surface area contributed by atoms with Crippen molar-refractivity contribution in [2.45, 2.75) is 0 Å². The van der Waals surface area contributed by atoms with Crippen LogP contribution >= 0.6 is 27.5 Å². The van der Waals surface area contributed by atoms with Crippen LogP contribution in [-0.4, -0.2) is 23.8 Å². The van der Waals surface area contributed by atoms with Crippen molar-refractivity contribution in [3.63, 3.8) is 0 Å². The minimum Gasteiger partial charge on any atom is -0.355 e. The topological polar surface area (TPSA) is 71.1 Å². The largest absolute Gasteiger partial charge is 0.355 e. The number of hydrogen-bond donors (Lipinski definition) is 2. The Balaban J connectivity index is 2.21. The van der Waals surface area contributed by atoms with Crippen LogP contribution in [0.5, 0.6) is 0 Å². The lowest BCUT2D eigenvalue weighted by molar-refractivity contribution is 0.0961. The maximum atomic E-state index is 12.1. The molecule has 0 atom stereocenters. The second-order valence-electron chi connectivity index (χ2n) is 4.10. The monoisotopic (exact) mass is 367 g/mol. The van der Waals surface area contributed by atoms with Gasteiger partial charge < -0.3 is 10.6 Å². The molecule has 0 spiro atoms. The van der Waals surface area contributed by atoms with Gasteiger partial charge in [0.15, 0.2) is 0 Å². The molecule has 0 aliphatic carbocycles. The summed E-state index contributed by atoms with van der Waals surface area (Å²) in [5.74, 6) is -0.637. The Morgan fingerprint density at radius 2 is 1.95 bits per heavy atom. The van der Waals surface area contributed by atoms with E-state index < -0.39 is 0 Å². The molecule has 2 N–H and O–H groups in total. The highest BCUT2D eigenvalue weighted by Gasteiger charge is 2.12. The number of aromatic nitrogens is 1. The Morgan fingerprint density at radius 1 is 1.19 bits per heavy atom. The van der Waals surface area contributed by atoms with E-state index in [0.717, 1.165) is 0 Å². The molecule has 1 aromatic heterocycles. The fourth-order valence-electron chi connectivity index (χ4n) is 1.63. The fraction of sp³-hybridized carbons (Fsp3) is 0.0714. The van der Waals surface area contributed by atoms with E-state index in [0.29, 0.717) is 26.4 Å². The highest BCUT2D eigenvalue weighted by atomic mass is 79.9. The Kier molecular flexibility index (Phi) is 4.93. The van der Waals surface area contributed by atoms with Gasteiger partial charge in [0.05, 0.1) is 16.1 Å². The van der Waals surface area contributed by atoms with E-state index in [1.54, 1.807) is 24.3 Å². The number of pyridine rings is 1. The normalized spacial score (nSPS) is 10.0. The van der Waals surface area contributed by atoms with Crippen LogP contribution in [0, 0.1) is 0 Å². The number of carbonyl (C=O) groups excluding carboxylic acids is 2. The highest BCUT2D eigenvalue weighted by molar-refractivity contribution is 9.10. The first-order valence-corrected chi connectivity index (χ1v) is 7.13. The molecule has 0 radical (unpaired) electrons. The van der Waals surface area contributed by atoms with Crippen molar-refractivity contribution in [1.29, 1.82) is 0 Å². The summed E-state index contributed by atoms with van der Waals surface area (Å²) >= 11 is 9.15. The van der Waals surface area contributed by atoms with Crippen molar-refractivity contribution in [3.8, 4) is 0 Å². The summed E-state index contributed by atoms with van der Waals surface area (Å²) in [6.07, 6.45) is 1.45. The van der Waals surface area contributed by atoms with Gasteiger partial charge in [-0.1, -0.05) is 11.6 Å². The second kappa shape index (κ2) is 6.69. The summed E-state index contributed by atoms with van der Waals surface area (Å²) in [5, 5.41) is 5.50. The lowest BCUT2D eigenvalue weighted by atomic mass is 10.1. The Hall–Kier alpha value is -1.92. The van der Waals surface area contributed by atoms with Gasteiger partial charge in [0.1, 0.15) is 4.60 Å². The smallest absolute Gasteiger partial charge is 0.257 e. The van der Waals surface area contributed by atoms with Gasteiger partial charge in [0.25, 0.3) is 11.8 Å². The summed E-state index contributed by atoms with van der Waals surface area (Å²) in [6.45, 7) is 0. The van der Waals surface area contributed by atoms with Crippen LogP contribution in [0.2, 0.25) is 5.02 Å². The average Bonchev–Trinajstić information content (AvgIpc) is 2.49. The van der Waals surface area contributed by atoms with Crippen LogP contribution in [-0.2, 0) is 0 Å². The lowest BCUT2D eigenvalue weighted by Crippen LogP contribution is -2.19. The minimum absolute atomic E-state index is 0.297. The van der Waals surface area contributed by atoms with Gasteiger partial charge in [0, 0.05) is 18.9 Å². The van der Waals surface area contributed by atoms with Crippen LogP contribution < -0.4 is 10.6 Å². The van der Waals surface area contributed by atoms with Crippen molar-refractivity contribution in [1.82, 2.24) is 10.3 Å². The second-order valence-corrected chi connectivity index (χ2v) is 5.32. The van der Waals surface area contributed by atoms with Crippen LogP contribution in [0.25, 0.3) is 0 Å². The molecule has 2 aromatic rings. The first-order chi connectivity index (χ1) is 10.0. The molecule has 1 heterocycles.